The lowest BCUT2D eigenvalue weighted by Crippen LogP contribution is -2.58. The normalized spacial score (nSPS) is 19.3. The van der Waals surface area contributed by atoms with Gasteiger partial charge in [-0.1, -0.05) is 19.9 Å². The molecule has 1 rings (SSSR count). The van der Waals surface area contributed by atoms with Crippen LogP contribution in [-0.2, 0) is 38.7 Å². The lowest BCUT2D eigenvalue weighted by Gasteiger charge is -2.31. The maximum absolute atomic E-state index is 13.4. The van der Waals surface area contributed by atoms with E-state index in [2.05, 4.69) is 20.7 Å². The van der Waals surface area contributed by atoms with Crippen molar-refractivity contribution in [2.24, 2.45) is 11.8 Å². The Morgan fingerprint density at radius 3 is 2.26 bits per heavy atom. The minimum absolute atomic E-state index is 0.000232. The van der Waals surface area contributed by atoms with Crippen molar-refractivity contribution in [1.82, 2.24) is 20.7 Å². The number of ether oxygens (including phenoxy) is 2. The van der Waals surface area contributed by atoms with Crippen molar-refractivity contribution < 1.29 is 37.1 Å². The molecule has 3 amide bonds. The van der Waals surface area contributed by atoms with E-state index in [4.69, 9.17) is 9.47 Å². The highest BCUT2D eigenvalue weighted by Crippen LogP contribution is 2.18. The van der Waals surface area contributed by atoms with E-state index in [0.717, 1.165) is 6.26 Å². The lowest BCUT2D eigenvalue weighted by molar-refractivity contribution is -0.137. The van der Waals surface area contributed by atoms with Gasteiger partial charge in [0, 0.05) is 24.6 Å². The summed E-state index contributed by atoms with van der Waals surface area (Å²) in [6, 6.07) is -2.99. The zero-order valence-electron chi connectivity index (χ0n) is 24.3. The Bertz CT molecular complexity index is 990. The van der Waals surface area contributed by atoms with Gasteiger partial charge < -0.3 is 25.4 Å². The Kier molecular flexibility index (Phi) is 13.6. The van der Waals surface area contributed by atoms with Gasteiger partial charge in [-0.15, -0.1) is 0 Å². The van der Waals surface area contributed by atoms with Crippen LogP contribution in [0, 0.1) is 11.8 Å². The molecule has 0 aromatic carbocycles. The molecule has 1 unspecified atom stereocenters. The fourth-order valence-electron chi connectivity index (χ4n) is 4.21. The predicted molar refractivity (Wildman–Crippen MR) is 147 cm³/mol. The van der Waals surface area contributed by atoms with Crippen molar-refractivity contribution in [2.75, 3.05) is 19.4 Å². The van der Waals surface area contributed by atoms with Crippen molar-refractivity contribution in [3.63, 3.8) is 0 Å². The van der Waals surface area contributed by atoms with Gasteiger partial charge in [0.15, 0.2) is 0 Å². The molecule has 4 N–H and O–H groups in total. The molecule has 0 radical (unpaired) electrons. The number of amides is 3. The zero-order chi connectivity index (χ0) is 30.0. The van der Waals surface area contributed by atoms with E-state index in [9.17, 15) is 27.6 Å². The van der Waals surface area contributed by atoms with Gasteiger partial charge in [-0.3, -0.25) is 14.4 Å². The summed E-state index contributed by atoms with van der Waals surface area (Å²) in [5.41, 5.74) is -0.656. The second kappa shape index (κ2) is 15.3. The van der Waals surface area contributed by atoms with Gasteiger partial charge in [0.25, 0.3) is 0 Å². The molecule has 0 aromatic rings. The van der Waals surface area contributed by atoms with Crippen LogP contribution in [-0.4, -0.2) is 81.3 Å². The highest BCUT2D eigenvalue weighted by atomic mass is 32.2. The van der Waals surface area contributed by atoms with Gasteiger partial charge in [0.05, 0.1) is 24.6 Å². The van der Waals surface area contributed by atoms with E-state index in [-0.39, 0.29) is 37.2 Å². The van der Waals surface area contributed by atoms with Crippen molar-refractivity contribution in [3.05, 3.63) is 12.2 Å². The quantitative estimate of drug-likeness (QED) is 0.164. The number of nitrogens with one attached hydrogen (secondary N) is 4. The number of hydrogen-bond donors (Lipinski definition) is 4. The smallest absolute Gasteiger partial charge is 0.330 e. The van der Waals surface area contributed by atoms with Crippen LogP contribution in [0.25, 0.3) is 0 Å². The molecular formula is C26H46N4O8S. The van der Waals surface area contributed by atoms with Crippen LogP contribution in [0.2, 0.25) is 0 Å². The second-order valence-electron chi connectivity index (χ2n) is 11.2. The summed E-state index contributed by atoms with van der Waals surface area (Å²) >= 11 is 0. The Morgan fingerprint density at radius 1 is 1.13 bits per heavy atom. The summed E-state index contributed by atoms with van der Waals surface area (Å²) in [5, 5.41) is 8.26. The van der Waals surface area contributed by atoms with Gasteiger partial charge in [0.2, 0.25) is 27.7 Å². The van der Waals surface area contributed by atoms with Gasteiger partial charge in [-0.2, -0.15) is 0 Å². The number of sulfonamides is 1. The summed E-state index contributed by atoms with van der Waals surface area (Å²) in [6.45, 7) is 13.1. The van der Waals surface area contributed by atoms with Gasteiger partial charge >= 0.3 is 5.97 Å². The maximum Gasteiger partial charge on any atom is 0.330 e. The maximum atomic E-state index is 13.4. The minimum Gasteiger partial charge on any atom is -0.463 e. The fraction of sp³-hybridized carbons (Fsp3) is 0.769. The SMILES string of the molecule is CCOC(=O)C=C[C@H](C[C@@H]1CCNC1=O)NC(=O)[C@H](CC(C)C)NC(=O)[C@@H](NS(C)(=O)=O)C(C)OC(C)(C)C. The molecule has 0 aliphatic carbocycles. The van der Waals surface area contributed by atoms with Gasteiger partial charge in [0.1, 0.15) is 12.1 Å². The number of carbonyl (C=O) groups excluding carboxylic acids is 4. The van der Waals surface area contributed by atoms with E-state index in [1.165, 1.54) is 12.2 Å². The predicted octanol–water partition coefficient (Wildman–Crippen LogP) is 0.769. The Labute approximate surface area is 232 Å². The monoisotopic (exact) mass is 574 g/mol. The zero-order valence-corrected chi connectivity index (χ0v) is 25.1. The molecule has 1 saturated heterocycles. The van der Waals surface area contributed by atoms with Crippen molar-refractivity contribution in [1.29, 1.82) is 0 Å². The molecule has 1 heterocycles. The number of rotatable bonds is 15. The molecule has 224 valence electrons. The van der Waals surface area contributed by atoms with Crippen molar-refractivity contribution in [2.45, 2.75) is 97.6 Å². The molecule has 1 aliphatic rings. The van der Waals surface area contributed by atoms with Crippen molar-refractivity contribution in [3.8, 4) is 0 Å². The fourth-order valence-corrected chi connectivity index (χ4v) is 4.97. The molecule has 5 atom stereocenters. The van der Waals surface area contributed by atoms with Crippen LogP contribution in [0.5, 0.6) is 0 Å². The molecule has 0 aromatic heterocycles. The van der Waals surface area contributed by atoms with Crippen LogP contribution in [0.4, 0.5) is 0 Å². The molecule has 0 bridgehead atoms. The van der Waals surface area contributed by atoms with Crippen LogP contribution in [0.15, 0.2) is 12.2 Å². The molecule has 0 saturated carbocycles. The average molecular weight is 575 g/mol. The van der Waals surface area contributed by atoms with Crippen LogP contribution in [0.1, 0.15) is 67.7 Å². The van der Waals surface area contributed by atoms with Crippen molar-refractivity contribution >= 4 is 33.7 Å². The first kappa shape index (κ1) is 34.5. The summed E-state index contributed by atoms with van der Waals surface area (Å²) in [5.74, 6) is -2.31. The Balaban J connectivity index is 3.17. The number of esters is 1. The second-order valence-corrected chi connectivity index (χ2v) is 13.0. The summed E-state index contributed by atoms with van der Waals surface area (Å²) in [6.07, 6.45) is 3.88. The largest absolute Gasteiger partial charge is 0.463 e. The Hall–Kier alpha value is -2.51. The van der Waals surface area contributed by atoms with E-state index < -0.39 is 57.6 Å². The van der Waals surface area contributed by atoms with E-state index in [1.54, 1.807) is 34.6 Å². The third-order valence-corrected chi connectivity index (χ3v) is 6.43. The third-order valence-electron chi connectivity index (χ3n) is 5.75. The third kappa shape index (κ3) is 13.9. The van der Waals surface area contributed by atoms with E-state index >= 15 is 0 Å². The highest BCUT2D eigenvalue weighted by molar-refractivity contribution is 7.88. The number of hydrogen-bond acceptors (Lipinski definition) is 8. The first-order valence-electron chi connectivity index (χ1n) is 13.3. The van der Waals surface area contributed by atoms with Gasteiger partial charge in [-0.05, 0) is 59.8 Å². The molecule has 39 heavy (non-hydrogen) atoms. The van der Waals surface area contributed by atoms with E-state index in [1.807, 2.05) is 13.8 Å². The van der Waals surface area contributed by atoms with Crippen LogP contribution in [0.3, 0.4) is 0 Å². The standard InChI is InChI=1S/C26H46N4O8S/c1-9-37-21(31)11-10-19(15-18-12-13-27-23(18)32)28-24(33)20(14-16(2)3)29-25(34)22(30-39(8,35)36)17(4)38-26(5,6)7/h10-11,16-20,22,30H,9,12-15H2,1-8H3,(H,27,32)(H,28,33)(H,29,34)/t17?,18-,19+,20-,22-/m0/s1. The number of carbonyl (C=O) groups is 4. The summed E-state index contributed by atoms with van der Waals surface area (Å²) < 4.78 is 37.1. The first-order chi connectivity index (χ1) is 17.9. The molecular weight excluding hydrogens is 528 g/mol. The lowest BCUT2D eigenvalue weighted by atomic mass is 9.96. The Morgan fingerprint density at radius 2 is 1.77 bits per heavy atom. The van der Waals surface area contributed by atoms with Crippen LogP contribution < -0.4 is 20.7 Å². The topological polar surface area (TPSA) is 169 Å². The molecule has 0 spiro atoms. The van der Waals surface area contributed by atoms with Gasteiger partial charge in [-0.25, -0.2) is 17.9 Å². The molecule has 13 heteroatoms. The summed E-state index contributed by atoms with van der Waals surface area (Å²) in [7, 11) is -3.79. The molecule has 12 nitrogen and oxygen atoms in total. The summed E-state index contributed by atoms with van der Waals surface area (Å²) in [4.78, 5) is 50.8. The van der Waals surface area contributed by atoms with Crippen LogP contribution >= 0.6 is 0 Å². The molecule has 1 fully saturated rings. The highest BCUT2D eigenvalue weighted by Gasteiger charge is 2.35. The van der Waals surface area contributed by atoms with E-state index in [0.29, 0.717) is 13.0 Å². The minimum atomic E-state index is -3.79. The average Bonchev–Trinajstić information content (AvgIpc) is 3.17. The molecule has 1 aliphatic heterocycles. The first-order valence-corrected chi connectivity index (χ1v) is 15.2.